The molecule has 0 radical (unpaired) electrons. The number of benzene rings is 3. The number of para-hydroxylation sites is 1. The van der Waals surface area contributed by atoms with Crippen LogP contribution in [0.25, 0.3) is 0 Å². The lowest BCUT2D eigenvalue weighted by Gasteiger charge is -2.12. The van der Waals surface area contributed by atoms with Crippen molar-refractivity contribution in [2.45, 2.75) is 13.5 Å². The monoisotopic (exact) mass is 438 g/mol. The summed E-state index contributed by atoms with van der Waals surface area (Å²) in [4.78, 5) is 37.9. The fraction of sp³-hybridized carbons (Fsp3) is 0.0769. The molecule has 0 aliphatic heterocycles. The standard InChI is InChI=1S/C26H22N4O3/c1-18-8-7-11-20(16-18)27-25(32)21-12-5-6-13-22(21)28-26(33)23-14-15-24(31)30(29-23)17-19-9-3-2-4-10-19/h2-16H,17H2,1H3,(H,27,32)(H,28,33). The Morgan fingerprint density at radius 1 is 0.818 bits per heavy atom. The third-order valence-electron chi connectivity index (χ3n) is 4.97. The number of hydrogen-bond donors (Lipinski definition) is 2. The van der Waals surface area contributed by atoms with E-state index < -0.39 is 5.91 Å². The van der Waals surface area contributed by atoms with Gasteiger partial charge in [0.25, 0.3) is 17.4 Å². The third kappa shape index (κ3) is 5.40. The molecule has 33 heavy (non-hydrogen) atoms. The van der Waals surface area contributed by atoms with E-state index in [0.29, 0.717) is 16.9 Å². The maximum absolute atomic E-state index is 12.9. The van der Waals surface area contributed by atoms with Gasteiger partial charge in [0.15, 0.2) is 0 Å². The van der Waals surface area contributed by atoms with E-state index >= 15 is 0 Å². The maximum atomic E-state index is 12.9. The molecule has 7 nitrogen and oxygen atoms in total. The average molecular weight is 438 g/mol. The first-order chi connectivity index (χ1) is 16.0. The quantitative estimate of drug-likeness (QED) is 0.474. The second-order valence-corrected chi connectivity index (χ2v) is 7.52. The normalized spacial score (nSPS) is 10.5. The van der Waals surface area contributed by atoms with Crippen LogP contribution in [-0.4, -0.2) is 21.6 Å². The van der Waals surface area contributed by atoms with E-state index in [4.69, 9.17) is 0 Å². The van der Waals surface area contributed by atoms with Crippen molar-refractivity contribution in [2.75, 3.05) is 10.6 Å². The Bertz CT molecular complexity index is 1360. The van der Waals surface area contributed by atoms with Gasteiger partial charge in [-0.3, -0.25) is 14.4 Å². The van der Waals surface area contributed by atoms with Crippen LogP contribution in [0.3, 0.4) is 0 Å². The fourth-order valence-corrected chi connectivity index (χ4v) is 3.34. The number of hydrogen-bond acceptors (Lipinski definition) is 4. The van der Waals surface area contributed by atoms with Crippen LogP contribution < -0.4 is 16.2 Å². The van der Waals surface area contributed by atoms with Gasteiger partial charge in [-0.25, -0.2) is 4.68 Å². The van der Waals surface area contributed by atoms with Gasteiger partial charge in [-0.15, -0.1) is 0 Å². The second-order valence-electron chi connectivity index (χ2n) is 7.52. The molecule has 3 aromatic carbocycles. The predicted molar refractivity (Wildman–Crippen MR) is 128 cm³/mol. The minimum atomic E-state index is -0.521. The summed E-state index contributed by atoms with van der Waals surface area (Å²) < 4.78 is 1.24. The van der Waals surface area contributed by atoms with Crippen LogP contribution in [-0.2, 0) is 6.54 Å². The topological polar surface area (TPSA) is 93.1 Å². The number of carbonyl (C=O) groups is 2. The fourth-order valence-electron chi connectivity index (χ4n) is 3.34. The molecule has 0 fully saturated rings. The van der Waals surface area contributed by atoms with Crippen molar-refractivity contribution in [1.29, 1.82) is 0 Å². The number of amides is 2. The molecular formula is C26H22N4O3. The summed E-state index contributed by atoms with van der Waals surface area (Å²) in [5.74, 6) is -0.869. The highest BCUT2D eigenvalue weighted by Crippen LogP contribution is 2.19. The molecule has 164 valence electrons. The SMILES string of the molecule is Cc1cccc(NC(=O)c2ccccc2NC(=O)c2ccc(=O)n(Cc3ccccc3)n2)c1. The zero-order chi connectivity index (χ0) is 23.2. The molecule has 0 saturated heterocycles. The Morgan fingerprint density at radius 2 is 1.58 bits per heavy atom. The molecule has 4 rings (SSSR count). The minimum Gasteiger partial charge on any atom is -0.322 e. The summed E-state index contributed by atoms with van der Waals surface area (Å²) in [7, 11) is 0. The second kappa shape index (κ2) is 9.74. The van der Waals surface area contributed by atoms with Crippen LogP contribution in [0, 0.1) is 6.92 Å². The Kier molecular flexibility index (Phi) is 6.40. The average Bonchev–Trinajstić information content (AvgIpc) is 2.81. The van der Waals surface area contributed by atoms with Crippen LogP contribution in [0.2, 0.25) is 0 Å². The van der Waals surface area contributed by atoms with Crippen molar-refractivity contribution in [3.63, 3.8) is 0 Å². The van der Waals surface area contributed by atoms with E-state index in [-0.39, 0.29) is 23.7 Å². The van der Waals surface area contributed by atoms with Crippen molar-refractivity contribution in [1.82, 2.24) is 9.78 Å². The first-order valence-electron chi connectivity index (χ1n) is 10.4. The molecule has 0 spiro atoms. The number of aryl methyl sites for hydroxylation is 1. The maximum Gasteiger partial charge on any atom is 0.276 e. The predicted octanol–water partition coefficient (Wildman–Crippen LogP) is 4.10. The van der Waals surface area contributed by atoms with E-state index in [2.05, 4.69) is 15.7 Å². The van der Waals surface area contributed by atoms with Crippen molar-refractivity contribution >= 4 is 23.2 Å². The van der Waals surface area contributed by atoms with Gasteiger partial charge in [-0.1, -0.05) is 54.6 Å². The zero-order valence-corrected chi connectivity index (χ0v) is 18.0. The highest BCUT2D eigenvalue weighted by atomic mass is 16.2. The van der Waals surface area contributed by atoms with Gasteiger partial charge in [-0.05, 0) is 48.4 Å². The molecule has 0 atom stereocenters. The number of aromatic nitrogens is 2. The lowest BCUT2D eigenvalue weighted by molar-refractivity contribution is 0.102. The van der Waals surface area contributed by atoms with Gasteiger partial charge in [0.2, 0.25) is 0 Å². The number of nitrogens with zero attached hydrogens (tertiary/aromatic N) is 2. The summed E-state index contributed by atoms with van der Waals surface area (Å²) in [6.45, 7) is 2.18. The van der Waals surface area contributed by atoms with Crippen molar-refractivity contribution in [2.24, 2.45) is 0 Å². The minimum absolute atomic E-state index is 0.0689. The van der Waals surface area contributed by atoms with Crippen LogP contribution in [0.15, 0.2) is 95.8 Å². The molecule has 0 aliphatic carbocycles. The Morgan fingerprint density at radius 3 is 2.36 bits per heavy atom. The number of carbonyl (C=O) groups excluding carboxylic acids is 2. The summed E-state index contributed by atoms with van der Waals surface area (Å²) >= 11 is 0. The molecule has 0 aliphatic rings. The Hall–Kier alpha value is -4.52. The molecule has 1 heterocycles. The van der Waals surface area contributed by atoms with Gasteiger partial charge < -0.3 is 10.6 Å². The molecule has 0 unspecified atom stereocenters. The highest BCUT2D eigenvalue weighted by Gasteiger charge is 2.16. The lowest BCUT2D eigenvalue weighted by atomic mass is 10.1. The molecule has 2 N–H and O–H groups in total. The van der Waals surface area contributed by atoms with E-state index in [1.165, 1.54) is 16.8 Å². The third-order valence-corrected chi connectivity index (χ3v) is 4.97. The lowest BCUT2D eigenvalue weighted by Crippen LogP contribution is -2.27. The van der Waals surface area contributed by atoms with Gasteiger partial charge >= 0.3 is 0 Å². The summed E-state index contributed by atoms with van der Waals surface area (Å²) in [6, 6.07) is 26.2. The van der Waals surface area contributed by atoms with Crippen LogP contribution in [0.1, 0.15) is 32.0 Å². The largest absolute Gasteiger partial charge is 0.322 e. The smallest absolute Gasteiger partial charge is 0.276 e. The van der Waals surface area contributed by atoms with Crippen molar-refractivity contribution in [3.8, 4) is 0 Å². The van der Waals surface area contributed by atoms with Crippen LogP contribution in [0.4, 0.5) is 11.4 Å². The number of rotatable bonds is 6. The number of nitrogens with one attached hydrogen (secondary N) is 2. The molecule has 0 saturated carbocycles. The van der Waals surface area contributed by atoms with E-state index in [1.807, 2.05) is 55.5 Å². The Balaban J connectivity index is 1.54. The summed E-state index contributed by atoms with van der Waals surface area (Å²) in [5, 5.41) is 9.79. The highest BCUT2D eigenvalue weighted by molar-refractivity contribution is 6.12. The molecule has 7 heteroatoms. The van der Waals surface area contributed by atoms with Crippen LogP contribution >= 0.6 is 0 Å². The van der Waals surface area contributed by atoms with E-state index in [0.717, 1.165) is 11.1 Å². The van der Waals surface area contributed by atoms with Gasteiger partial charge in [0.1, 0.15) is 5.69 Å². The first-order valence-corrected chi connectivity index (χ1v) is 10.4. The van der Waals surface area contributed by atoms with Gasteiger partial charge in [0, 0.05) is 11.8 Å². The van der Waals surface area contributed by atoms with Crippen molar-refractivity contribution in [3.05, 3.63) is 124 Å². The first kappa shape index (κ1) is 21.7. The molecule has 2 amide bonds. The van der Waals surface area contributed by atoms with Gasteiger partial charge in [-0.2, -0.15) is 5.10 Å². The molecule has 1 aromatic heterocycles. The van der Waals surface area contributed by atoms with Crippen LogP contribution in [0.5, 0.6) is 0 Å². The van der Waals surface area contributed by atoms with Gasteiger partial charge in [0.05, 0.1) is 17.8 Å². The van der Waals surface area contributed by atoms with E-state index in [9.17, 15) is 14.4 Å². The number of anilines is 2. The molecular weight excluding hydrogens is 416 g/mol. The summed E-state index contributed by atoms with van der Waals surface area (Å²) in [6.07, 6.45) is 0. The molecule has 0 bridgehead atoms. The van der Waals surface area contributed by atoms with Crippen molar-refractivity contribution < 1.29 is 9.59 Å². The van der Waals surface area contributed by atoms with E-state index in [1.54, 1.807) is 30.3 Å². The zero-order valence-electron chi connectivity index (χ0n) is 18.0. The summed E-state index contributed by atoms with van der Waals surface area (Å²) in [5.41, 5.74) is 2.98. The molecule has 4 aromatic rings. The Labute approximate surface area is 190 Å².